The minimum atomic E-state index is -2.22. The fourth-order valence-corrected chi connectivity index (χ4v) is 5.41. The van der Waals surface area contributed by atoms with E-state index in [4.69, 9.17) is 28.4 Å². The molecule has 3 aliphatic heterocycles. The van der Waals surface area contributed by atoms with E-state index in [0.29, 0.717) is 0 Å². The lowest BCUT2D eigenvalue weighted by atomic mass is 9.95. The smallest absolute Gasteiger partial charge is 0.217 e. The first kappa shape index (κ1) is 39.9. The third-order valence-corrected chi connectivity index (χ3v) is 8.12. The molecule has 0 aromatic heterocycles. The first-order valence-corrected chi connectivity index (χ1v) is 14.7. The van der Waals surface area contributed by atoms with Gasteiger partial charge in [0.25, 0.3) is 0 Å². The number of aliphatic hydroxyl groups excluding tert-OH is 12. The molecule has 3 fully saturated rings. The quantitative estimate of drug-likeness (QED) is 0.0752. The number of amides is 1. The highest BCUT2D eigenvalue weighted by Gasteiger charge is 2.55. The SMILES string of the molecule is CC(=O)N[C@H]1[C@@H](O[C@H]2[C@@H](O)[C@@H](CO)O[C@@H](O[C@@H]([C@H](O)[C@@H](O)C=O)[C@H](O)CO)[C@@H]2O[C@@H]2O[C@@H](C)[C@@H](O)[C@@H](O)[C@@H]2O)O[C@H](CO)[C@H](O)[C@@H]1O. The largest absolute Gasteiger partial charge is 0.394 e. The highest BCUT2D eigenvalue weighted by Crippen LogP contribution is 2.34. The maximum Gasteiger partial charge on any atom is 0.217 e. The van der Waals surface area contributed by atoms with Crippen LogP contribution in [-0.4, -0.2) is 210 Å². The lowest BCUT2D eigenvalue weighted by Gasteiger charge is -2.50. The number of nitrogens with one attached hydrogen (secondary N) is 1. The Bertz CT molecular complexity index is 996. The average molecular weight is 692 g/mol. The summed E-state index contributed by atoms with van der Waals surface area (Å²) in [6.07, 6.45) is -33.4. The number of aliphatic hydroxyl groups is 12. The zero-order valence-electron chi connectivity index (χ0n) is 25.3. The van der Waals surface area contributed by atoms with Crippen molar-refractivity contribution in [3.05, 3.63) is 0 Å². The van der Waals surface area contributed by atoms with Crippen LogP contribution in [0.4, 0.5) is 0 Å². The van der Waals surface area contributed by atoms with Gasteiger partial charge in [-0.2, -0.15) is 0 Å². The van der Waals surface area contributed by atoms with Gasteiger partial charge in [0.05, 0.1) is 25.9 Å². The Morgan fingerprint density at radius 1 is 0.766 bits per heavy atom. The lowest BCUT2D eigenvalue weighted by molar-refractivity contribution is -0.393. The second-order valence-electron chi connectivity index (χ2n) is 11.5. The van der Waals surface area contributed by atoms with Crippen LogP contribution in [0.1, 0.15) is 13.8 Å². The molecule has 3 rings (SSSR count). The van der Waals surface area contributed by atoms with Crippen molar-refractivity contribution in [1.82, 2.24) is 5.32 Å². The predicted octanol–water partition coefficient (Wildman–Crippen LogP) is -8.73. The minimum absolute atomic E-state index is 0.104. The molecule has 0 saturated carbocycles. The molecule has 3 saturated heterocycles. The number of hydrogen-bond donors (Lipinski definition) is 13. The Balaban J connectivity index is 2.09. The lowest BCUT2D eigenvalue weighted by Crippen LogP contribution is -2.69. The van der Waals surface area contributed by atoms with Crippen LogP contribution in [0.15, 0.2) is 0 Å². The number of ether oxygens (including phenoxy) is 6. The molecule has 47 heavy (non-hydrogen) atoms. The molecule has 274 valence electrons. The molecule has 0 spiro atoms. The summed E-state index contributed by atoms with van der Waals surface area (Å²) in [5.74, 6) is -0.737. The number of rotatable bonds is 14. The topological polar surface area (TPSA) is 344 Å². The van der Waals surface area contributed by atoms with Crippen LogP contribution in [0.25, 0.3) is 0 Å². The van der Waals surface area contributed by atoms with Gasteiger partial charge in [0.15, 0.2) is 25.2 Å². The van der Waals surface area contributed by atoms with E-state index in [2.05, 4.69) is 5.32 Å². The van der Waals surface area contributed by atoms with Crippen molar-refractivity contribution in [3.63, 3.8) is 0 Å². The van der Waals surface area contributed by atoms with Crippen molar-refractivity contribution in [2.24, 2.45) is 0 Å². The number of aldehydes is 1. The molecule has 0 bridgehead atoms. The number of carbonyl (C=O) groups excluding carboxylic acids is 2. The summed E-state index contributed by atoms with van der Waals surface area (Å²) < 4.78 is 34.1. The van der Waals surface area contributed by atoms with E-state index >= 15 is 0 Å². The molecule has 19 atom stereocenters. The Morgan fingerprint density at radius 3 is 1.89 bits per heavy atom. The predicted molar refractivity (Wildman–Crippen MR) is 145 cm³/mol. The van der Waals surface area contributed by atoms with E-state index in [9.17, 15) is 70.9 Å². The molecule has 0 aromatic rings. The third-order valence-electron chi connectivity index (χ3n) is 8.12. The minimum Gasteiger partial charge on any atom is -0.394 e. The normalized spacial score (nSPS) is 43.8. The van der Waals surface area contributed by atoms with Gasteiger partial charge in [0, 0.05) is 6.92 Å². The van der Waals surface area contributed by atoms with Gasteiger partial charge in [-0.25, -0.2) is 0 Å². The summed E-state index contributed by atoms with van der Waals surface area (Å²) in [7, 11) is 0. The van der Waals surface area contributed by atoms with E-state index in [1.54, 1.807) is 0 Å². The molecule has 0 aliphatic carbocycles. The number of hydrogen-bond acceptors (Lipinski definition) is 20. The molecule has 0 aromatic carbocycles. The summed E-state index contributed by atoms with van der Waals surface area (Å²) in [6.45, 7) is -0.549. The molecular weight excluding hydrogens is 646 g/mol. The Kier molecular flexibility index (Phi) is 14.7. The summed E-state index contributed by atoms with van der Waals surface area (Å²) in [4.78, 5) is 23.2. The van der Waals surface area contributed by atoms with Gasteiger partial charge in [-0.15, -0.1) is 0 Å². The molecule has 21 heteroatoms. The first-order chi connectivity index (χ1) is 22.1. The maximum atomic E-state index is 12.0. The van der Waals surface area contributed by atoms with Crippen LogP contribution in [0, 0.1) is 0 Å². The monoisotopic (exact) mass is 691 g/mol. The van der Waals surface area contributed by atoms with Gasteiger partial charge < -0.3 is 99.8 Å². The average Bonchev–Trinajstić information content (AvgIpc) is 3.05. The van der Waals surface area contributed by atoms with Crippen molar-refractivity contribution in [2.45, 2.75) is 130 Å². The van der Waals surface area contributed by atoms with Crippen LogP contribution in [0.3, 0.4) is 0 Å². The van der Waals surface area contributed by atoms with Gasteiger partial charge in [-0.05, 0) is 6.92 Å². The Hall–Kier alpha value is -1.58. The van der Waals surface area contributed by atoms with Crippen LogP contribution in [0.2, 0.25) is 0 Å². The summed E-state index contributed by atoms with van der Waals surface area (Å²) >= 11 is 0. The zero-order valence-corrected chi connectivity index (χ0v) is 25.3. The molecule has 1 amide bonds. The first-order valence-electron chi connectivity index (χ1n) is 14.7. The van der Waals surface area contributed by atoms with Crippen LogP contribution < -0.4 is 5.32 Å². The number of carbonyl (C=O) groups is 2. The molecule has 3 aliphatic rings. The van der Waals surface area contributed by atoms with Crippen molar-refractivity contribution in [2.75, 3.05) is 19.8 Å². The molecule has 13 N–H and O–H groups in total. The van der Waals surface area contributed by atoms with Gasteiger partial charge in [-0.3, -0.25) is 4.79 Å². The highest BCUT2D eigenvalue weighted by molar-refractivity contribution is 5.73. The van der Waals surface area contributed by atoms with Gasteiger partial charge >= 0.3 is 0 Å². The van der Waals surface area contributed by atoms with Crippen molar-refractivity contribution >= 4 is 12.2 Å². The fraction of sp³-hybridized carbons (Fsp3) is 0.923. The Labute approximate surface area is 267 Å². The summed E-state index contributed by atoms with van der Waals surface area (Å²) in [5.41, 5.74) is 0. The molecule has 21 nitrogen and oxygen atoms in total. The molecular formula is C26H45NO20. The van der Waals surface area contributed by atoms with Crippen molar-refractivity contribution < 1.29 is 99.3 Å². The van der Waals surface area contributed by atoms with Gasteiger partial charge in [0.1, 0.15) is 91.5 Å². The molecule has 0 unspecified atom stereocenters. The summed E-state index contributed by atoms with van der Waals surface area (Å²) in [5, 5.41) is 126. The van der Waals surface area contributed by atoms with Crippen molar-refractivity contribution in [3.8, 4) is 0 Å². The van der Waals surface area contributed by atoms with Crippen LogP contribution >= 0.6 is 0 Å². The van der Waals surface area contributed by atoms with E-state index < -0.39 is 142 Å². The van der Waals surface area contributed by atoms with E-state index in [-0.39, 0.29) is 6.29 Å². The van der Waals surface area contributed by atoms with E-state index in [1.807, 2.05) is 0 Å². The second kappa shape index (κ2) is 17.4. The standard InChI is InChI=1S/C26H45NO20/c1-7-14(35)19(40)20(41)25(42-7)47-23-22(46-24-13(27-8(2)32)18(39)16(37)11(5-30)43-24)17(38)12(6-31)44-26(23)45-21(10(34)4-29)15(36)9(33)3-28/h3,7,9-26,29-31,33-41H,4-6H2,1-2H3,(H,27,32)/t7-,9-,10+,11+,12+,13+,14+,15+,16-,17-,18+,19+,20-,21+,22-,23+,24+,25-,26-/m0/s1. The van der Waals surface area contributed by atoms with Crippen molar-refractivity contribution in [1.29, 1.82) is 0 Å². The second-order valence-corrected chi connectivity index (χ2v) is 11.5. The van der Waals surface area contributed by atoms with E-state index in [0.717, 1.165) is 6.92 Å². The van der Waals surface area contributed by atoms with E-state index in [1.165, 1.54) is 6.92 Å². The van der Waals surface area contributed by atoms with Crippen LogP contribution in [-0.2, 0) is 38.0 Å². The van der Waals surface area contributed by atoms with Gasteiger partial charge in [-0.1, -0.05) is 0 Å². The zero-order chi connectivity index (χ0) is 35.3. The highest BCUT2D eigenvalue weighted by atomic mass is 16.8. The fourth-order valence-electron chi connectivity index (χ4n) is 5.41. The molecule has 0 radical (unpaired) electrons. The van der Waals surface area contributed by atoms with Gasteiger partial charge in [0.2, 0.25) is 5.91 Å². The van der Waals surface area contributed by atoms with Crippen LogP contribution in [0.5, 0.6) is 0 Å². The third kappa shape index (κ3) is 8.97. The Morgan fingerprint density at radius 2 is 1.34 bits per heavy atom. The summed E-state index contributed by atoms with van der Waals surface area (Å²) in [6, 6.07) is -1.57. The molecule has 3 heterocycles. The maximum absolute atomic E-state index is 12.0.